The van der Waals surface area contributed by atoms with E-state index in [0.717, 1.165) is 0 Å². The summed E-state index contributed by atoms with van der Waals surface area (Å²) in [6, 6.07) is 6.93. The molecule has 2 nitrogen and oxygen atoms in total. The van der Waals surface area contributed by atoms with Gasteiger partial charge in [0.25, 0.3) is 0 Å². The normalized spacial score (nSPS) is 28.1. The lowest BCUT2D eigenvalue weighted by atomic mass is 9.78. The van der Waals surface area contributed by atoms with Crippen molar-refractivity contribution in [3.63, 3.8) is 0 Å². The highest BCUT2D eigenvalue weighted by atomic mass is 16.7. The van der Waals surface area contributed by atoms with Gasteiger partial charge in [-0.1, -0.05) is 43.9 Å². The van der Waals surface area contributed by atoms with Gasteiger partial charge in [-0.05, 0) is 61.5 Å². The maximum Gasteiger partial charge on any atom is 0.494 e. The molecule has 1 aromatic carbocycles. The Morgan fingerprint density at radius 1 is 0.727 bits per heavy atom. The van der Waals surface area contributed by atoms with Gasteiger partial charge >= 0.3 is 7.12 Å². The van der Waals surface area contributed by atoms with Gasteiger partial charge in [0, 0.05) is 0 Å². The summed E-state index contributed by atoms with van der Waals surface area (Å²) in [6.07, 6.45) is 13.8. The molecule has 1 heterocycles. The zero-order valence-electron chi connectivity index (χ0n) is 13.4. The molecular formula is C19H25BO2. The lowest BCUT2D eigenvalue weighted by Gasteiger charge is -2.39. The first-order chi connectivity index (χ1) is 10.8. The highest BCUT2D eigenvalue weighted by Crippen LogP contribution is 2.55. The van der Waals surface area contributed by atoms with Crippen molar-refractivity contribution < 1.29 is 9.31 Å². The summed E-state index contributed by atoms with van der Waals surface area (Å²) in [6.45, 7) is 0. The Bertz CT molecular complexity index is 561. The second kappa shape index (κ2) is 4.85. The molecule has 3 fully saturated rings. The molecule has 2 saturated carbocycles. The maximum absolute atomic E-state index is 6.67. The van der Waals surface area contributed by atoms with E-state index in [0.29, 0.717) is 0 Å². The van der Waals surface area contributed by atoms with Gasteiger partial charge in [0.05, 0.1) is 11.2 Å². The fraction of sp³-hybridized carbons (Fsp3) is 0.684. The van der Waals surface area contributed by atoms with Crippen molar-refractivity contribution in [2.24, 2.45) is 0 Å². The van der Waals surface area contributed by atoms with Crippen LogP contribution in [0.3, 0.4) is 0 Å². The van der Waals surface area contributed by atoms with E-state index in [2.05, 4.69) is 18.2 Å². The summed E-state index contributed by atoms with van der Waals surface area (Å²) in [4.78, 5) is 0. The van der Waals surface area contributed by atoms with E-state index in [-0.39, 0.29) is 18.3 Å². The van der Waals surface area contributed by atoms with E-state index in [1.807, 2.05) is 0 Å². The summed E-state index contributed by atoms with van der Waals surface area (Å²) < 4.78 is 13.3. The molecule has 5 rings (SSSR count). The Morgan fingerprint density at radius 3 is 1.95 bits per heavy atom. The van der Waals surface area contributed by atoms with Crippen molar-refractivity contribution in [1.29, 1.82) is 0 Å². The molecule has 0 radical (unpaired) electrons. The minimum Gasteiger partial charge on any atom is -0.399 e. The third-order valence-corrected chi connectivity index (χ3v) is 6.71. The molecule has 0 atom stereocenters. The first kappa shape index (κ1) is 13.6. The van der Waals surface area contributed by atoms with Gasteiger partial charge in [0.1, 0.15) is 0 Å². The summed E-state index contributed by atoms with van der Waals surface area (Å²) >= 11 is 0. The SMILES string of the molecule is c1cc2c(cc1B1OC3(CCCC3)C3(CCCC3)O1)CCC2. The number of rotatable bonds is 1. The minimum atomic E-state index is -0.123. The Morgan fingerprint density at radius 2 is 1.32 bits per heavy atom. The zero-order chi connectivity index (χ0) is 14.6. The fourth-order valence-electron chi connectivity index (χ4n) is 5.56. The lowest BCUT2D eigenvalue weighted by Crippen LogP contribution is -2.47. The summed E-state index contributed by atoms with van der Waals surface area (Å²) in [5.74, 6) is 0. The van der Waals surface area contributed by atoms with Crippen molar-refractivity contribution in [1.82, 2.24) is 0 Å². The van der Waals surface area contributed by atoms with Crippen LogP contribution >= 0.6 is 0 Å². The molecule has 0 aromatic heterocycles. The number of aryl methyl sites for hydroxylation is 2. The lowest BCUT2D eigenvalue weighted by molar-refractivity contribution is -0.0400. The average molecular weight is 296 g/mol. The molecule has 0 amide bonds. The number of hydrogen-bond acceptors (Lipinski definition) is 2. The van der Waals surface area contributed by atoms with Crippen LogP contribution in [0.2, 0.25) is 0 Å². The van der Waals surface area contributed by atoms with E-state index in [4.69, 9.17) is 9.31 Å². The van der Waals surface area contributed by atoms with Crippen molar-refractivity contribution in [3.05, 3.63) is 29.3 Å². The topological polar surface area (TPSA) is 18.5 Å². The van der Waals surface area contributed by atoms with E-state index in [1.54, 1.807) is 0 Å². The van der Waals surface area contributed by atoms with Crippen LogP contribution in [-0.4, -0.2) is 18.3 Å². The summed E-state index contributed by atoms with van der Waals surface area (Å²) in [5, 5.41) is 0. The van der Waals surface area contributed by atoms with E-state index in [1.165, 1.54) is 87.2 Å². The van der Waals surface area contributed by atoms with Gasteiger partial charge in [-0.3, -0.25) is 0 Å². The smallest absolute Gasteiger partial charge is 0.399 e. The van der Waals surface area contributed by atoms with Crippen LogP contribution in [0.15, 0.2) is 18.2 Å². The van der Waals surface area contributed by atoms with Gasteiger partial charge < -0.3 is 9.31 Å². The molecule has 0 unspecified atom stereocenters. The van der Waals surface area contributed by atoms with Crippen LogP contribution in [0.1, 0.15) is 68.9 Å². The van der Waals surface area contributed by atoms with Crippen molar-refractivity contribution in [2.75, 3.05) is 0 Å². The van der Waals surface area contributed by atoms with Crippen LogP contribution < -0.4 is 5.46 Å². The monoisotopic (exact) mass is 296 g/mol. The van der Waals surface area contributed by atoms with E-state index < -0.39 is 0 Å². The fourth-order valence-corrected chi connectivity index (χ4v) is 5.56. The molecular weight excluding hydrogens is 271 g/mol. The number of hydrogen-bond donors (Lipinski definition) is 0. The molecule has 4 aliphatic rings. The number of fused-ring (bicyclic) bond motifs is 2. The Hall–Kier alpha value is -0.795. The van der Waals surface area contributed by atoms with Gasteiger partial charge in [0.2, 0.25) is 0 Å². The Kier molecular flexibility index (Phi) is 3.00. The molecule has 1 aromatic rings. The predicted octanol–water partition coefficient (Wildman–Crippen LogP) is 3.54. The largest absolute Gasteiger partial charge is 0.494 e. The molecule has 0 N–H and O–H groups in total. The van der Waals surface area contributed by atoms with Crippen molar-refractivity contribution >= 4 is 12.6 Å². The summed E-state index contributed by atoms with van der Waals surface area (Å²) in [7, 11) is -0.123. The van der Waals surface area contributed by atoms with Crippen LogP contribution in [0, 0.1) is 0 Å². The molecule has 1 aliphatic heterocycles. The predicted molar refractivity (Wildman–Crippen MR) is 88.4 cm³/mol. The van der Waals surface area contributed by atoms with Crippen molar-refractivity contribution in [3.8, 4) is 0 Å². The highest BCUT2D eigenvalue weighted by Gasteiger charge is 2.63. The van der Waals surface area contributed by atoms with Crippen LogP contribution in [-0.2, 0) is 22.2 Å². The second-order valence-corrected chi connectivity index (χ2v) is 7.85. The van der Waals surface area contributed by atoms with Gasteiger partial charge in [-0.2, -0.15) is 0 Å². The van der Waals surface area contributed by atoms with Crippen molar-refractivity contribution in [2.45, 2.75) is 81.8 Å². The standard InChI is InChI=1S/C19H25BO2/c1-2-11-18(10-1)19(12-3-4-13-19)22-20(21-18)17-9-8-15-6-5-7-16(15)14-17/h8-9,14H,1-7,10-13H2. The quantitative estimate of drug-likeness (QED) is 0.738. The van der Waals surface area contributed by atoms with Gasteiger partial charge in [-0.15, -0.1) is 0 Å². The molecule has 22 heavy (non-hydrogen) atoms. The number of benzene rings is 1. The maximum atomic E-state index is 6.67. The highest BCUT2D eigenvalue weighted by molar-refractivity contribution is 6.62. The molecule has 3 heteroatoms. The third kappa shape index (κ3) is 1.82. The van der Waals surface area contributed by atoms with Gasteiger partial charge in [-0.25, -0.2) is 0 Å². The van der Waals surface area contributed by atoms with E-state index >= 15 is 0 Å². The van der Waals surface area contributed by atoms with Crippen LogP contribution in [0.4, 0.5) is 0 Å². The molecule has 116 valence electrons. The zero-order valence-corrected chi connectivity index (χ0v) is 13.4. The minimum absolute atomic E-state index is 0.0210. The third-order valence-electron chi connectivity index (χ3n) is 6.71. The molecule has 0 bridgehead atoms. The average Bonchev–Trinajstić information content (AvgIpc) is 3.30. The first-order valence-electron chi connectivity index (χ1n) is 9.28. The molecule has 2 spiro atoms. The second-order valence-electron chi connectivity index (χ2n) is 7.85. The molecule has 1 saturated heterocycles. The summed E-state index contributed by atoms with van der Waals surface area (Å²) in [5.41, 5.74) is 4.36. The Labute approximate surface area is 133 Å². The van der Waals surface area contributed by atoms with E-state index in [9.17, 15) is 0 Å². The molecule has 3 aliphatic carbocycles. The van der Waals surface area contributed by atoms with Gasteiger partial charge in [0.15, 0.2) is 0 Å². The van der Waals surface area contributed by atoms with Crippen LogP contribution in [0.25, 0.3) is 0 Å². The van der Waals surface area contributed by atoms with Crippen LogP contribution in [0.5, 0.6) is 0 Å². The first-order valence-corrected chi connectivity index (χ1v) is 9.28. The Balaban J connectivity index is 1.49.